The second-order valence-corrected chi connectivity index (χ2v) is 5.92. The van der Waals surface area contributed by atoms with E-state index in [1.165, 1.54) is 0 Å². The summed E-state index contributed by atoms with van der Waals surface area (Å²) in [5.41, 5.74) is 1.66. The highest BCUT2D eigenvalue weighted by molar-refractivity contribution is 7.08. The van der Waals surface area contributed by atoms with E-state index in [1.54, 1.807) is 39.7 Å². The van der Waals surface area contributed by atoms with Gasteiger partial charge in [-0.2, -0.15) is 15.9 Å². The van der Waals surface area contributed by atoms with Gasteiger partial charge in [-0.3, -0.25) is 4.79 Å². The van der Waals surface area contributed by atoms with E-state index in [2.05, 4.69) is 15.3 Å². The molecule has 0 radical (unpaired) electrons. The number of carbonyl (C=O) groups excluding carboxylic acids is 1. The summed E-state index contributed by atoms with van der Waals surface area (Å²) in [5, 5.41) is 16.9. The SMILES string of the molecule is CN(C)C(=O)CN(C)c1ccc2nnc(-c3ccsc3)n2n1. The zero-order valence-corrected chi connectivity index (χ0v) is 13.4. The molecule has 0 aliphatic heterocycles. The number of rotatable bonds is 4. The summed E-state index contributed by atoms with van der Waals surface area (Å²) in [6, 6.07) is 5.67. The van der Waals surface area contributed by atoms with Gasteiger partial charge in [-0.05, 0) is 23.6 Å². The van der Waals surface area contributed by atoms with Gasteiger partial charge in [0.2, 0.25) is 5.91 Å². The summed E-state index contributed by atoms with van der Waals surface area (Å²) < 4.78 is 1.70. The molecule has 8 heteroatoms. The molecular formula is C14H16N6OS. The first-order valence-electron chi connectivity index (χ1n) is 6.72. The highest BCUT2D eigenvalue weighted by Gasteiger charge is 2.14. The maximum absolute atomic E-state index is 11.8. The molecule has 3 aromatic rings. The van der Waals surface area contributed by atoms with Crippen molar-refractivity contribution in [1.29, 1.82) is 0 Å². The number of aromatic nitrogens is 4. The molecule has 7 nitrogen and oxygen atoms in total. The van der Waals surface area contributed by atoms with Crippen molar-refractivity contribution >= 4 is 28.7 Å². The van der Waals surface area contributed by atoms with Crippen molar-refractivity contribution in [3.05, 3.63) is 29.0 Å². The number of amides is 1. The molecule has 0 spiro atoms. The average Bonchev–Trinajstić information content (AvgIpc) is 3.14. The summed E-state index contributed by atoms with van der Waals surface area (Å²) in [6.45, 7) is 0.265. The Hall–Kier alpha value is -2.48. The van der Waals surface area contributed by atoms with Crippen LogP contribution in [0, 0.1) is 0 Å². The molecule has 0 fully saturated rings. The minimum Gasteiger partial charge on any atom is -0.349 e. The number of likely N-dealkylation sites (N-methyl/N-ethyl adjacent to an activating group) is 2. The van der Waals surface area contributed by atoms with E-state index >= 15 is 0 Å². The Morgan fingerprint density at radius 3 is 2.73 bits per heavy atom. The van der Waals surface area contributed by atoms with Crippen LogP contribution in [0.1, 0.15) is 0 Å². The Kier molecular flexibility index (Phi) is 3.76. The van der Waals surface area contributed by atoms with Gasteiger partial charge in [-0.1, -0.05) is 0 Å². The molecule has 0 aliphatic carbocycles. The minimum atomic E-state index is 0.0196. The van der Waals surface area contributed by atoms with Crippen LogP contribution in [0.2, 0.25) is 0 Å². The first kappa shape index (κ1) is 14.5. The smallest absolute Gasteiger partial charge is 0.241 e. The molecule has 3 heterocycles. The molecule has 0 aliphatic rings. The van der Waals surface area contributed by atoms with Crippen molar-refractivity contribution in [2.45, 2.75) is 0 Å². The number of anilines is 1. The van der Waals surface area contributed by atoms with E-state index in [-0.39, 0.29) is 12.5 Å². The third kappa shape index (κ3) is 2.64. The van der Waals surface area contributed by atoms with Gasteiger partial charge in [0.05, 0.1) is 6.54 Å². The number of nitrogens with zero attached hydrogens (tertiary/aromatic N) is 6. The lowest BCUT2D eigenvalue weighted by Crippen LogP contribution is -2.34. The average molecular weight is 316 g/mol. The second-order valence-electron chi connectivity index (χ2n) is 5.14. The standard InChI is InChI=1S/C14H16N6OS/c1-18(2)13(21)8-19(3)12-5-4-11-15-16-14(20(11)17-12)10-6-7-22-9-10/h4-7,9H,8H2,1-3H3. The quantitative estimate of drug-likeness (QED) is 0.727. The molecule has 22 heavy (non-hydrogen) atoms. The summed E-state index contributed by atoms with van der Waals surface area (Å²) >= 11 is 1.60. The molecule has 1 amide bonds. The zero-order valence-electron chi connectivity index (χ0n) is 12.6. The topological polar surface area (TPSA) is 66.6 Å². The minimum absolute atomic E-state index is 0.0196. The Balaban J connectivity index is 1.95. The van der Waals surface area contributed by atoms with Gasteiger partial charge in [0.1, 0.15) is 5.82 Å². The first-order valence-corrected chi connectivity index (χ1v) is 7.67. The molecule has 0 saturated carbocycles. The number of carbonyl (C=O) groups is 1. The van der Waals surface area contributed by atoms with E-state index in [9.17, 15) is 4.79 Å². The number of hydrogen-bond acceptors (Lipinski definition) is 6. The lowest BCUT2D eigenvalue weighted by molar-refractivity contribution is -0.127. The van der Waals surface area contributed by atoms with Crippen LogP contribution in [0.25, 0.3) is 17.0 Å². The summed E-state index contributed by atoms with van der Waals surface area (Å²) in [5.74, 6) is 1.41. The largest absolute Gasteiger partial charge is 0.349 e. The Morgan fingerprint density at radius 1 is 1.23 bits per heavy atom. The predicted octanol–water partition coefficient (Wildman–Crippen LogP) is 1.38. The van der Waals surface area contributed by atoms with Crippen LogP contribution in [-0.2, 0) is 4.79 Å². The number of fused-ring (bicyclic) bond motifs is 1. The molecule has 3 aromatic heterocycles. The van der Waals surface area contributed by atoms with Crippen molar-refractivity contribution in [2.75, 3.05) is 32.6 Å². The van der Waals surface area contributed by atoms with Gasteiger partial charge in [-0.25, -0.2) is 0 Å². The summed E-state index contributed by atoms with van der Waals surface area (Å²) in [7, 11) is 5.31. The maximum Gasteiger partial charge on any atom is 0.241 e. The first-order chi connectivity index (χ1) is 10.6. The summed E-state index contributed by atoms with van der Waals surface area (Å²) in [4.78, 5) is 15.2. The Labute approximate surface area is 131 Å². The van der Waals surface area contributed by atoms with Crippen molar-refractivity contribution < 1.29 is 4.79 Å². The fourth-order valence-electron chi connectivity index (χ4n) is 1.98. The monoisotopic (exact) mass is 316 g/mol. The van der Waals surface area contributed by atoms with Crippen molar-refractivity contribution in [3.8, 4) is 11.4 Å². The van der Waals surface area contributed by atoms with Crippen LogP contribution in [0.4, 0.5) is 5.82 Å². The van der Waals surface area contributed by atoms with E-state index in [0.29, 0.717) is 17.3 Å². The molecule has 3 rings (SSSR count). The van der Waals surface area contributed by atoms with Gasteiger partial charge >= 0.3 is 0 Å². The van der Waals surface area contributed by atoms with Crippen LogP contribution < -0.4 is 4.90 Å². The van der Waals surface area contributed by atoms with Crippen LogP contribution >= 0.6 is 11.3 Å². The molecule has 0 unspecified atom stereocenters. The highest BCUT2D eigenvalue weighted by atomic mass is 32.1. The van der Waals surface area contributed by atoms with E-state index < -0.39 is 0 Å². The van der Waals surface area contributed by atoms with Gasteiger partial charge in [-0.15, -0.1) is 15.3 Å². The lowest BCUT2D eigenvalue weighted by atomic mass is 10.3. The fraction of sp³-hybridized carbons (Fsp3) is 0.286. The number of thiophene rings is 1. The zero-order chi connectivity index (χ0) is 15.7. The van der Waals surface area contributed by atoms with Crippen molar-refractivity contribution in [2.24, 2.45) is 0 Å². The third-order valence-electron chi connectivity index (χ3n) is 3.29. The van der Waals surface area contributed by atoms with Crippen LogP contribution in [0.15, 0.2) is 29.0 Å². The lowest BCUT2D eigenvalue weighted by Gasteiger charge is -2.19. The van der Waals surface area contributed by atoms with E-state index in [4.69, 9.17) is 0 Å². The van der Waals surface area contributed by atoms with Crippen LogP contribution in [0.3, 0.4) is 0 Å². The van der Waals surface area contributed by atoms with E-state index in [1.807, 2.05) is 36.0 Å². The van der Waals surface area contributed by atoms with Crippen molar-refractivity contribution in [3.63, 3.8) is 0 Å². The number of hydrogen-bond donors (Lipinski definition) is 0. The fourth-order valence-corrected chi connectivity index (χ4v) is 2.61. The molecule has 0 atom stereocenters. The predicted molar refractivity (Wildman–Crippen MR) is 86.1 cm³/mol. The molecule has 0 N–H and O–H groups in total. The van der Waals surface area contributed by atoms with Gasteiger partial charge in [0, 0.05) is 32.1 Å². The Morgan fingerprint density at radius 2 is 2.05 bits per heavy atom. The summed E-state index contributed by atoms with van der Waals surface area (Å²) in [6.07, 6.45) is 0. The molecule has 0 saturated heterocycles. The second kappa shape index (κ2) is 5.72. The van der Waals surface area contributed by atoms with Crippen LogP contribution in [-0.4, -0.2) is 58.3 Å². The molecule has 114 valence electrons. The van der Waals surface area contributed by atoms with Gasteiger partial charge in [0.15, 0.2) is 11.5 Å². The van der Waals surface area contributed by atoms with E-state index in [0.717, 1.165) is 5.56 Å². The normalized spacial score (nSPS) is 10.9. The molecule has 0 aromatic carbocycles. The maximum atomic E-state index is 11.8. The Bertz CT molecular complexity index is 795. The third-order valence-corrected chi connectivity index (χ3v) is 3.97. The van der Waals surface area contributed by atoms with Crippen molar-refractivity contribution in [1.82, 2.24) is 24.7 Å². The van der Waals surface area contributed by atoms with Gasteiger partial charge in [0.25, 0.3) is 0 Å². The molecular weight excluding hydrogens is 300 g/mol. The molecule has 0 bridgehead atoms. The van der Waals surface area contributed by atoms with Gasteiger partial charge < -0.3 is 9.80 Å². The van der Waals surface area contributed by atoms with Crippen LogP contribution in [0.5, 0.6) is 0 Å². The highest BCUT2D eigenvalue weighted by Crippen LogP contribution is 2.21.